The van der Waals surface area contributed by atoms with Gasteiger partial charge in [0.1, 0.15) is 6.04 Å². The summed E-state index contributed by atoms with van der Waals surface area (Å²) < 4.78 is 10.9. The van der Waals surface area contributed by atoms with Crippen molar-refractivity contribution >= 4 is 35.0 Å². The topological polar surface area (TPSA) is 67.9 Å². The van der Waals surface area contributed by atoms with E-state index in [2.05, 4.69) is 5.32 Å². The quantitative estimate of drug-likeness (QED) is 0.614. The molecule has 0 aliphatic rings. The van der Waals surface area contributed by atoms with Crippen molar-refractivity contribution in [2.75, 3.05) is 13.7 Å². The molecular formula is C22H26Cl2N2O4. The molecule has 1 atom stereocenters. The third-order valence-corrected chi connectivity index (χ3v) is 5.09. The molecule has 0 bridgehead atoms. The van der Waals surface area contributed by atoms with Gasteiger partial charge in [0.25, 0.3) is 5.91 Å². The fourth-order valence-corrected chi connectivity index (χ4v) is 3.10. The lowest BCUT2D eigenvalue weighted by Gasteiger charge is -2.29. The predicted octanol–water partition coefficient (Wildman–Crippen LogP) is 4.32. The summed E-state index contributed by atoms with van der Waals surface area (Å²) in [5.41, 5.74) is 0.749. The molecule has 0 aromatic heterocycles. The highest BCUT2D eigenvalue weighted by Gasteiger charge is 2.27. The van der Waals surface area contributed by atoms with E-state index in [4.69, 9.17) is 32.7 Å². The first-order valence-electron chi connectivity index (χ1n) is 9.52. The second-order valence-corrected chi connectivity index (χ2v) is 7.86. The largest absolute Gasteiger partial charge is 0.493 e. The van der Waals surface area contributed by atoms with Gasteiger partial charge >= 0.3 is 0 Å². The Kier molecular flexibility index (Phi) is 8.81. The van der Waals surface area contributed by atoms with E-state index in [-0.39, 0.29) is 31.0 Å². The van der Waals surface area contributed by atoms with Crippen LogP contribution in [-0.4, -0.2) is 42.5 Å². The summed E-state index contributed by atoms with van der Waals surface area (Å²) in [5, 5.41) is 3.64. The van der Waals surface area contributed by atoms with Gasteiger partial charge in [-0.3, -0.25) is 9.59 Å². The normalized spacial score (nSPS) is 11.7. The van der Waals surface area contributed by atoms with Gasteiger partial charge in [0.15, 0.2) is 18.1 Å². The molecule has 1 N–H and O–H groups in total. The first-order valence-corrected chi connectivity index (χ1v) is 10.3. The van der Waals surface area contributed by atoms with Crippen molar-refractivity contribution in [3.05, 3.63) is 58.1 Å². The second kappa shape index (κ2) is 11.1. The Hall–Kier alpha value is -2.44. The van der Waals surface area contributed by atoms with Crippen molar-refractivity contribution in [3.8, 4) is 11.5 Å². The number of methoxy groups -OCH3 is 1. The number of nitrogens with zero attached hydrogens (tertiary/aromatic N) is 1. The number of carbonyl (C=O) groups excluding carboxylic acids is 2. The van der Waals surface area contributed by atoms with Gasteiger partial charge in [-0.1, -0.05) is 41.4 Å². The van der Waals surface area contributed by atoms with Crippen LogP contribution in [0.15, 0.2) is 42.5 Å². The molecule has 6 nitrogen and oxygen atoms in total. The van der Waals surface area contributed by atoms with Crippen molar-refractivity contribution in [2.24, 2.45) is 0 Å². The zero-order valence-electron chi connectivity index (χ0n) is 17.4. The molecule has 0 unspecified atom stereocenters. The number of rotatable bonds is 9. The van der Waals surface area contributed by atoms with Gasteiger partial charge in [0.2, 0.25) is 5.91 Å². The fourth-order valence-electron chi connectivity index (χ4n) is 2.78. The standard InChI is InChI=1S/C22H26Cl2N2O4/c1-14(2)25-22(28)15(3)26(12-16-9-10-17(23)18(24)11-16)21(27)13-30-20-8-6-5-7-19(20)29-4/h5-11,14-15H,12-13H2,1-4H3,(H,25,28)/t15-/m0/s1. The number of amides is 2. The Morgan fingerprint density at radius 2 is 1.70 bits per heavy atom. The van der Waals surface area contributed by atoms with Gasteiger partial charge < -0.3 is 19.7 Å². The molecule has 0 saturated heterocycles. The van der Waals surface area contributed by atoms with Gasteiger partial charge in [0, 0.05) is 12.6 Å². The molecule has 0 heterocycles. The van der Waals surface area contributed by atoms with Crippen LogP contribution in [-0.2, 0) is 16.1 Å². The SMILES string of the molecule is COc1ccccc1OCC(=O)N(Cc1ccc(Cl)c(Cl)c1)[C@@H](C)C(=O)NC(C)C. The van der Waals surface area contributed by atoms with Crippen molar-refractivity contribution in [3.63, 3.8) is 0 Å². The first-order chi connectivity index (χ1) is 14.2. The molecule has 2 rings (SSSR count). The van der Waals surface area contributed by atoms with Crippen molar-refractivity contribution in [1.82, 2.24) is 10.2 Å². The third-order valence-electron chi connectivity index (χ3n) is 4.36. The van der Waals surface area contributed by atoms with Crippen LogP contribution in [0.5, 0.6) is 11.5 Å². The monoisotopic (exact) mass is 452 g/mol. The van der Waals surface area contributed by atoms with Crippen LogP contribution in [0.2, 0.25) is 10.0 Å². The van der Waals surface area contributed by atoms with Gasteiger partial charge in [-0.2, -0.15) is 0 Å². The molecule has 162 valence electrons. The maximum absolute atomic E-state index is 13.0. The summed E-state index contributed by atoms with van der Waals surface area (Å²) in [6, 6.07) is 11.4. The van der Waals surface area contributed by atoms with E-state index in [0.29, 0.717) is 21.5 Å². The zero-order valence-corrected chi connectivity index (χ0v) is 19.0. The minimum Gasteiger partial charge on any atom is -0.493 e. The van der Waals surface area contributed by atoms with Crippen molar-refractivity contribution < 1.29 is 19.1 Å². The number of carbonyl (C=O) groups is 2. The van der Waals surface area contributed by atoms with E-state index < -0.39 is 6.04 Å². The van der Waals surface area contributed by atoms with Crippen LogP contribution in [0.4, 0.5) is 0 Å². The van der Waals surface area contributed by atoms with Gasteiger partial charge in [-0.05, 0) is 50.6 Å². The average molecular weight is 453 g/mol. The highest BCUT2D eigenvalue weighted by Crippen LogP contribution is 2.26. The van der Waals surface area contributed by atoms with E-state index in [1.54, 1.807) is 43.3 Å². The van der Waals surface area contributed by atoms with E-state index in [9.17, 15) is 9.59 Å². The van der Waals surface area contributed by atoms with E-state index in [1.165, 1.54) is 12.0 Å². The Balaban J connectivity index is 2.21. The molecule has 0 radical (unpaired) electrons. The van der Waals surface area contributed by atoms with E-state index in [0.717, 1.165) is 5.56 Å². The minimum absolute atomic E-state index is 0.0493. The highest BCUT2D eigenvalue weighted by molar-refractivity contribution is 6.42. The molecule has 2 amide bonds. The molecule has 8 heteroatoms. The van der Waals surface area contributed by atoms with Gasteiger partial charge in [-0.15, -0.1) is 0 Å². The van der Waals surface area contributed by atoms with Crippen molar-refractivity contribution in [1.29, 1.82) is 0 Å². The van der Waals surface area contributed by atoms with Gasteiger partial charge in [-0.25, -0.2) is 0 Å². The summed E-state index contributed by atoms with van der Waals surface area (Å²) in [4.78, 5) is 27.0. The third kappa shape index (κ3) is 6.54. The van der Waals surface area contributed by atoms with Crippen LogP contribution >= 0.6 is 23.2 Å². The molecular weight excluding hydrogens is 427 g/mol. The minimum atomic E-state index is -0.712. The zero-order chi connectivity index (χ0) is 22.3. The van der Waals surface area contributed by atoms with Crippen LogP contribution in [0.1, 0.15) is 26.3 Å². The smallest absolute Gasteiger partial charge is 0.261 e. The maximum atomic E-state index is 13.0. The highest BCUT2D eigenvalue weighted by atomic mass is 35.5. The summed E-state index contributed by atoms with van der Waals surface area (Å²) in [5.74, 6) is 0.364. The summed E-state index contributed by atoms with van der Waals surface area (Å²) in [6.07, 6.45) is 0. The Morgan fingerprint density at radius 1 is 1.03 bits per heavy atom. The lowest BCUT2D eigenvalue weighted by molar-refractivity contribution is -0.142. The molecule has 0 aliphatic heterocycles. The number of benzene rings is 2. The van der Waals surface area contributed by atoms with Gasteiger partial charge in [0.05, 0.1) is 17.2 Å². The Labute approximate surface area is 187 Å². The lowest BCUT2D eigenvalue weighted by atomic mass is 10.1. The number of ether oxygens (including phenoxy) is 2. The maximum Gasteiger partial charge on any atom is 0.261 e. The molecule has 2 aromatic carbocycles. The van der Waals surface area contributed by atoms with E-state index >= 15 is 0 Å². The van der Waals surface area contributed by atoms with Crippen LogP contribution in [0.25, 0.3) is 0 Å². The first kappa shape index (κ1) is 23.8. The molecule has 0 spiro atoms. The molecule has 0 fully saturated rings. The number of hydrogen-bond acceptors (Lipinski definition) is 4. The average Bonchev–Trinajstić information content (AvgIpc) is 2.71. The number of hydrogen-bond donors (Lipinski definition) is 1. The number of para-hydroxylation sites is 2. The summed E-state index contributed by atoms with van der Waals surface area (Å²) in [6.45, 7) is 5.33. The predicted molar refractivity (Wildman–Crippen MR) is 118 cm³/mol. The Bertz CT molecular complexity index is 889. The fraction of sp³-hybridized carbons (Fsp3) is 0.364. The number of nitrogens with one attached hydrogen (secondary N) is 1. The van der Waals surface area contributed by atoms with Crippen LogP contribution < -0.4 is 14.8 Å². The molecule has 0 aliphatic carbocycles. The summed E-state index contributed by atoms with van der Waals surface area (Å²) in [7, 11) is 1.53. The lowest BCUT2D eigenvalue weighted by Crippen LogP contribution is -2.50. The summed E-state index contributed by atoms with van der Waals surface area (Å²) >= 11 is 12.1. The van der Waals surface area contributed by atoms with E-state index in [1.807, 2.05) is 19.9 Å². The number of halogens is 2. The van der Waals surface area contributed by atoms with Crippen molar-refractivity contribution in [2.45, 2.75) is 39.4 Å². The molecule has 30 heavy (non-hydrogen) atoms. The molecule has 2 aromatic rings. The molecule has 0 saturated carbocycles. The Morgan fingerprint density at radius 3 is 2.30 bits per heavy atom. The van der Waals surface area contributed by atoms with Crippen LogP contribution in [0, 0.1) is 0 Å². The second-order valence-electron chi connectivity index (χ2n) is 7.05. The van der Waals surface area contributed by atoms with Crippen LogP contribution in [0.3, 0.4) is 0 Å².